The average molecular weight is 335 g/mol. The Morgan fingerprint density at radius 1 is 1.31 bits per heavy atom. The van der Waals surface area contributed by atoms with E-state index in [0.29, 0.717) is 3.92 Å². The van der Waals surface area contributed by atoms with Crippen molar-refractivity contribution in [3.8, 4) is 0 Å². The maximum atomic E-state index is 11.2. The summed E-state index contributed by atoms with van der Waals surface area (Å²) in [5.41, 5.74) is 3.26. The number of hydrogen-bond donors (Lipinski definition) is 1. The molecule has 4 heteroatoms. The second kappa shape index (κ2) is 5.38. The van der Waals surface area contributed by atoms with E-state index in [1.807, 2.05) is 0 Å². The molecule has 90 valence electrons. The van der Waals surface area contributed by atoms with E-state index in [-0.39, 0.29) is 12.1 Å². The normalized spacial score (nSPS) is 29.6. The fraction of sp³-hybridized carbons (Fsp3) is 0.750. The van der Waals surface area contributed by atoms with Crippen molar-refractivity contribution in [2.45, 2.75) is 48.5 Å². The number of rotatable bonds is 1. The molecular formula is C12H18INO2. The summed E-state index contributed by atoms with van der Waals surface area (Å²) in [6.07, 6.45) is 7.04. The Morgan fingerprint density at radius 3 is 2.56 bits per heavy atom. The lowest BCUT2D eigenvalue weighted by Crippen LogP contribution is -2.43. The van der Waals surface area contributed by atoms with E-state index < -0.39 is 0 Å². The number of alkyl carbamates (subject to hydrolysis) is 1. The third-order valence-electron chi connectivity index (χ3n) is 3.54. The average Bonchev–Trinajstić information content (AvgIpc) is 2.30. The highest BCUT2D eigenvalue weighted by molar-refractivity contribution is 14.1. The summed E-state index contributed by atoms with van der Waals surface area (Å²) < 4.78 is 5.18. The molecule has 2 aliphatic rings. The van der Waals surface area contributed by atoms with Crippen LogP contribution in [0.3, 0.4) is 0 Å². The summed E-state index contributed by atoms with van der Waals surface area (Å²) >= 11 is 2.45. The Kier molecular flexibility index (Phi) is 4.10. The number of allylic oxidation sites excluding steroid dienone is 1. The van der Waals surface area contributed by atoms with E-state index in [2.05, 4.69) is 32.6 Å². The van der Waals surface area contributed by atoms with Crippen molar-refractivity contribution in [1.82, 2.24) is 5.32 Å². The Labute approximate surface area is 110 Å². The molecule has 0 spiro atoms. The molecule has 0 saturated heterocycles. The number of alkyl halides is 1. The topological polar surface area (TPSA) is 38.3 Å². The molecule has 2 aliphatic carbocycles. The minimum absolute atomic E-state index is 0.255. The zero-order chi connectivity index (χ0) is 11.5. The minimum Gasteiger partial charge on any atom is -0.453 e. The van der Waals surface area contributed by atoms with E-state index in [0.717, 1.165) is 12.8 Å². The number of carbonyl (C=O) groups excluding carboxylic acids is 1. The second-order valence-electron chi connectivity index (χ2n) is 4.58. The molecule has 2 atom stereocenters. The van der Waals surface area contributed by atoms with Gasteiger partial charge in [-0.25, -0.2) is 4.79 Å². The van der Waals surface area contributed by atoms with Gasteiger partial charge in [-0.3, -0.25) is 0 Å². The summed E-state index contributed by atoms with van der Waals surface area (Å²) in [7, 11) is 1.42. The van der Waals surface area contributed by atoms with Crippen LogP contribution in [0.15, 0.2) is 11.1 Å². The maximum absolute atomic E-state index is 11.2. The zero-order valence-corrected chi connectivity index (χ0v) is 11.7. The molecule has 2 rings (SSSR count). The van der Waals surface area contributed by atoms with E-state index in [1.165, 1.54) is 32.8 Å². The van der Waals surface area contributed by atoms with Gasteiger partial charge in [-0.15, -0.1) is 0 Å². The third kappa shape index (κ3) is 2.70. The van der Waals surface area contributed by atoms with Crippen LogP contribution in [0.1, 0.15) is 38.5 Å². The lowest BCUT2D eigenvalue weighted by Gasteiger charge is -2.34. The van der Waals surface area contributed by atoms with Gasteiger partial charge in [-0.2, -0.15) is 0 Å². The number of ether oxygens (including phenoxy) is 1. The van der Waals surface area contributed by atoms with Gasteiger partial charge in [-0.05, 0) is 38.5 Å². The van der Waals surface area contributed by atoms with Crippen LogP contribution in [0.5, 0.6) is 0 Å². The first-order valence-corrected chi connectivity index (χ1v) is 7.13. The first-order chi connectivity index (χ1) is 7.70. The molecule has 0 aromatic rings. The molecule has 0 saturated carbocycles. The Bertz CT molecular complexity index is 314. The van der Waals surface area contributed by atoms with Gasteiger partial charge < -0.3 is 10.1 Å². The molecule has 1 N–H and O–H groups in total. The van der Waals surface area contributed by atoms with Gasteiger partial charge in [0.2, 0.25) is 0 Å². The number of nitrogens with one attached hydrogen (secondary N) is 1. The molecule has 1 amide bonds. The van der Waals surface area contributed by atoms with Gasteiger partial charge in [0, 0.05) is 9.97 Å². The third-order valence-corrected chi connectivity index (χ3v) is 4.85. The predicted octanol–water partition coefficient (Wildman–Crippen LogP) is 3.18. The summed E-state index contributed by atoms with van der Waals surface area (Å²) in [4.78, 5) is 11.2. The van der Waals surface area contributed by atoms with Crippen molar-refractivity contribution < 1.29 is 9.53 Å². The molecule has 0 unspecified atom stereocenters. The van der Waals surface area contributed by atoms with E-state index in [4.69, 9.17) is 0 Å². The first kappa shape index (κ1) is 12.2. The summed E-state index contributed by atoms with van der Waals surface area (Å²) in [5, 5.41) is 2.95. The van der Waals surface area contributed by atoms with E-state index >= 15 is 0 Å². The van der Waals surface area contributed by atoms with Gasteiger partial charge in [0.15, 0.2) is 0 Å². The van der Waals surface area contributed by atoms with Crippen molar-refractivity contribution in [2.24, 2.45) is 0 Å². The monoisotopic (exact) mass is 335 g/mol. The smallest absolute Gasteiger partial charge is 0.407 e. The first-order valence-electron chi connectivity index (χ1n) is 5.89. The fourth-order valence-electron chi connectivity index (χ4n) is 2.65. The van der Waals surface area contributed by atoms with E-state index in [9.17, 15) is 4.79 Å². The SMILES string of the molecule is COC(=O)N[C@H]1CC2=C(CCCC2)C[C@H]1I. The predicted molar refractivity (Wildman–Crippen MR) is 71.9 cm³/mol. The zero-order valence-electron chi connectivity index (χ0n) is 9.59. The Balaban J connectivity index is 2.02. The van der Waals surface area contributed by atoms with E-state index in [1.54, 1.807) is 11.1 Å². The van der Waals surface area contributed by atoms with Crippen molar-refractivity contribution in [2.75, 3.05) is 7.11 Å². The molecule has 0 heterocycles. The van der Waals surface area contributed by atoms with Crippen LogP contribution in [0.2, 0.25) is 0 Å². The molecular weight excluding hydrogens is 317 g/mol. The molecule has 0 fully saturated rings. The van der Waals surface area contributed by atoms with Crippen molar-refractivity contribution in [3.05, 3.63) is 11.1 Å². The number of amides is 1. The van der Waals surface area contributed by atoms with Crippen LogP contribution in [0, 0.1) is 0 Å². The molecule has 0 bridgehead atoms. The van der Waals surface area contributed by atoms with Crippen LogP contribution in [-0.4, -0.2) is 23.2 Å². The molecule has 0 aromatic carbocycles. The lowest BCUT2D eigenvalue weighted by atomic mass is 9.80. The van der Waals surface area contributed by atoms with Gasteiger partial charge in [0.1, 0.15) is 0 Å². The number of methoxy groups -OCH3 is 1. The Hall–Kier alpha value is -0.260. The van der Waals surface area contributed by atoms with Crippen LogP contribution in [0.25, 0.3) is 0 Å². The number of carbonyl (C=O) groups is 1. The highest BCUT2D eigenvalue weighted by atomic mass is 127. The standard InChI is InChI=1S/C12H18INO2/c1-16-12(15)14-11-7-9-5-3-2-4-8(9)6-10(11)13/h10-11H,2-7H2,1H3,(H,14,15)/t10-,11+/m1/s1. The van der Waals surface area contributed by atoms with Crippen molar-refractivity contribution >= 4 is 28.7 Å². The molecule has 0 radical (unpaired) electrons. The summed E-state index contributed by atoms with van der Waals surface area (Å²) in [5.74, 6) is 0. The molecule has 0 aromatic heterocycles. The van der Waals surface area contributed by atoms with Crippen LogP contribution in [0.4, 0.5) is 4.79 Å². The van der Waals surface area contributed by atoms with Gasteiger partial charge >= 0.3 is 6.09 Å². The highest BCUT2D eigenvalue weighted by Crippen LogP contribution is 2.38. The van der Waals surface area contributed by atoms with Crippen LogP contribution >= 0.6 is 22.6 Å². The number of halogens is 1. The molecule has 0 aliphatic heterocycles. The van der Waals surface area contributed by atoms with Gasteiger partial charge in [0.05, 0.1) is 7.11 Å². The van der Waals surface area contributed by atoms with Gasteiger partial charge in [0.25, 0.3) is 0 Å². The lowest BCUT2D eigenvalue weighted by molar-refractivity contribution is 0.166. The van der Waals surface area contributed by atoms with Crippen molar-refractivity contribution in [1.29, 1.82) is 0 Å². The molecule has 3 nitrogen and oxygen atoms in total. The maximum Gasteiger partial charge on any atom is 0.407 e. The summed E-state index contributed by atoms with van der Waals surface area (Å²) in [6, 6.07) is 0.255. The van der Waals surface area contributed by atoms with Crippen LogP contribution < -0.4 is 5.32 Å². The fourth-order valence-corrected chi connectivity index (χ4v) is 3.61. The van der Waals surface area contributed by atoms with Gasteiger partial charge in [-0.1, -0.05) is 33.7 Å². The molecule has 16 heavy (non-hydrogen) atoms. The summed E-state index contributed by atoms with van der Waals surface area (Å²) in [6.45, 7) is 0. The quantitative estimate of drug-likeness (QED) is 0.454. The number of hydrogen-bond acceptors (Lipinski definition) is 2. The van der Waals surface area contributed by atoms with Crippen LogP contribution in [-0.2, 0) is 4.74 Å². The minimum atomic E-state index is -0.300. The Morgan fingerprint density at radius 2 is 1.94 bits per heavy atom. The van der Waals surface area contributed by atoms with Crippen molar-refractivity contribution in [3.63, 3.8) is 0 Å². The highest BCUT2D eigenvalue weighted by Gasteiger charge is 2.30. The largest absolute Gasteiger partial charge is 0.453 e. The second-order valence-corrected chi connectivity index (χ2v) is 6.18.